The zero-order valence-electron chi connectivity index (χ0n) is 16.0. The topological polar surface area (TPSA) is 44.8 Å². The van der Waals surface area contributed by atoms with Crippen molar-refractivity contribution < 1.29 is 19.0 Å². The molecule has 4 nitrogen and oxygen atoms in total. The summed E-state index contributed by atoms with van der Waals surface area (Å²) in [6, 6.07) is 23.2. The first-order chi connectivity index (χ1) is 14.3. The molecule has 0 N–H and O–H groups in total. The number of thiophene rings is 1. The van der Waals surface area contributed by atoms with Crippen LogP contribution in [0.2, 0.25) is 0 Å². The molecule has 3 aromatic carbocycles. The fourth-order valence-corrected chi connectivity index (χ4v) is 4.38. The van der Waals surface area contributed by atoms with E-state index in [0.717, 1.165) is 32.6 Å². The number of methoxy groups -OCH3 is 1. The highest BCUT2D eigenvalue weighted by Crippen LogP contribution is 2.45. The van der Waals surface area contributed by atoms with E-state index in [9.17, 15) is 4.79 Å². The first kappa shape index (κ1) is 19.0. The van der Waals surface area contributed by atoms with Crippen LogP contribution in [0.15, 0.2) is 72.8 Å². The minimum atomic E-state index is 0.370. The van der Waals surface area contributed by atoms with Crippen LogP contribution < -0.4 is 14.2 Å². The molecule has 0 aliphatic carbocycles. The summed E-state index contributed by atoms with van der Waals surface area (Å²) in [5.74, 6) is 2.15. The van der Waals surface area contributed by atoms with Gasteiger partial charge in [-0.25, -0.2) is 0 Å². The van der Waals surface area contributed by atoms with E-state index in [2.05, 4.69) is 6.07 Å². The Balaban J connectivity index is 1.59. The molecule has 0 atom stereocenters. The van der Waals surface area contributed by atoms with E-state index in [0.29, 0.717) is 30.3 Å². The van der Waals surface area contributed by atoms with E-state index in [1.54, 1.807) is 18.4 Å². The second-order valence-electron chi connectivity index (χ2n) is 6.31. The smallest absolute Gasteiger partial charge is 0.161 e. The van der Waals surface area contributed by atoms with Gasteiger partial charge in [0.15, 0.2) is 17.8 Å². The Labute approximate surface area is 173 Å². The average molecular weight is 404 g/mol. The molecule has 0 unspecified atom stereocenters. The summed E-state index contributed by atoms with van der Waals surface area (Å²) in [6.07, 6.45) is 0.883. The molecule has 0 radical (unpaired) electrons. The first-order valence-electron chi connectivity index (χ1n) is 9.26. The first-order valence-corrected chi connectivity index (χ1v) is 10.1. The highest BCUT2D eigenvalue weighted by Gasteiger charge is 2.17. The van der Waals surface area contributed by atoms with Crippen LogP contribution in [0.4, 0.5) is 0 Å². The van der Waals surface area contributed by atoms with Gasteiger partial charge < -0.3 is 14.2 Å². The van der Waals surface area contributed by atoms with Crippen molar-refractivity contribution in [2.75, 3.05) is 20.3 Å². The number of rotatable bonds is 8. The molecular formula is C24H20O4S. The molecule has 0 bridgehead atoms. The van der Waals surface area contributed by atoms with E-state index >= 15 is 0 Å². The molecule has 0 amide bonds. The number of aldehydes is 1. The average Bonchev–Trinajstić information content (AvgIpc) is 3.15. The Morgan fingerprint density at radius 1 is 0.828 bits per heavy atom. The fraction of sp³-hybridized carbons (Fsp3) is 0.125. The number of hydrogen-bond donors (Lipinski definition) is 0. The fourth-order valence-electron chi connectivity index (χ4n) is 3.18. The number of benzene rings is 3. The van der Waals surface area contributed by atoms with Crippen molar-refractivity contribution in [3.05, 3.63) is 78.4 Å². The molecule has 1 heterocycles. The van der Waals surface area contributed by atoms with E-state index in [1.165, 1.54) is 0 Å². The van der Waals surface area contributed by atoms with Crippen molar-refractivity contribution >= 4 is 27.7 Å². The standard InChI is InChI=1S/C24H20O4S/c1-26-20-11-5-6-12-21(20)27-14-15-28-23-19-10-4-7-13-22(19)29-24(23)18-9-3-2-8-17(18)16-25/h2-13,16H,14-15H2,1H3. The van der Waals surface area contributed by atoms with Crippen molar-refractivity contribution in [2.24, 2.45) is 0 Å². The van der Waals surface area contributed by atoms with Gasteiger partial charge >= 0.3 is 0 Å². The van der Waals surface area contributed by atoms with Gasteiger partial charge in [0.25, 0.3) is 0 Å². The summed E-state index contributed by atoms with van der Waals surface area (Å²) in [4.78, 5) is 12.5. The number of carbonyl (C=O) groups excluding carboxylic acids is 1. The quantitative estimate of drug-likeness (QED) is 0.273. The van der Waals surface area contributed by atoms with Gasteiger partial charge in [-0.15, -0.1) is 11.3 Å². The molecule has 4 rings (SSSR count). The molecule has 0 saturated carbocycles. The SMILES string of the molecule is COc1ccccc1OCCOc1c(-c2ccccc2C=O)sc2ccccc12. The van der Waals surface area contributed by atoms with Gasteiger partial charge in [0.05, 0.1) is 12.0 Å². The summed E-state index contributed by atoms with van der Waals surface area (Å²) >= 11 is 1.62. The molecule has 5 heteroatoms. The third-order valence-corrected chi connectivity index (χ3v) is 5.72. The third-order valence-electron chi connectivity index (χ3n) is 4.54. The summed E-state index contributed by atoms with van der Waals surface area (Å²) in [5, 5.41) is 1.03. The van der Waals surface area contributed by atoms with Crippen LogP contribution in [0.3, 0.4) is 0 Å². The maximum atomic E-state index is 11.5. The summed E-state index contributed by atoms with van der Waals surface area (Å²) in [6.45, 7) is 0.744. The van der Waals surface area contributed by atoms with Crippen LogP contribution in [-0.4, -0.2) is 26.6 Å². The lowest BCUT2D eigenvalue weighted by atomic mass is 10.1. The van der Waals surface area contributed by atoms with Crippen molar-refractivity contribution in [2.45, 2.75) is 0 Å². The van der Waals surface area contributed by atoms with E-state index in [4.69, 9.17) is 14.2 Å². The Kier molecular flexibility index (Phi) is 5.77. The van der Waals surface area contributed by atoms with Gasteiger partial charge in [-0.1, -0.05) is 48.5 Å². The molecule has 0 fully saturated rings. The van der Waals surface area contributed by atoms with Gasteiger partial charge in [0, 0.05) is 21.2 Å². The van der Waals surface area contributed by atoms with Crippen molar-refractivity contribution in [3.8, 4) is 27.7 Å². The predicted molar refractivity (Wildman–Crippen MR) is 117 cm³/mol. The van der Waals surface area contributed by atoms with Gasteiger partial charge in [-0.3, -0.25) is 4.79 Å². The molecular weight excluding hydrogens is 384 g/mol. The highest BCUT2D eigenvalue weighted by molar-refractivity contribution is 7.22. The minimum absolute atomic E-state index is 0.370. The van der Waals surface area contributed by atoms with Crippen molar-refractivity contribution in [3.63, 3.8) is 0 Å². The highest BCUT2D eigenvalue weighted by atomic mass is 32.1. The van der Waals surface area contributed by atoms with Crippen LogP contribution in [0.5, 0.6) is 17.2 Å². The zero-order valence-corrected chi connectivity index (χ0v) is 16.8. The second kappa shape index (κ2) is 8.80. The predicted octanol–water partition coefficient (Wildman–Crippen LogP) is 5.85. The maximum absolute atomic E-state index is 11.5. The number of carbonyl (C=O) groups is 1. The maximum Gasteiger partial charge on any atom is 0.161 e. The van der Waals surface area contributed by atoms with Crippen LogP contribution in [0.25, 0.3) is 20.5 Å². The molecule has 0 aliphatic heterocycles. The lowest BCUT2D eigenvalue weighted by molar-refractivity contribution is 0.112. The Morgan fingerprint density at radius 2 is 1.52 bits per heavy atom. The third kappa shape index (κ3) is 3.96. The van der Waals surface area contributed by atoms with Crippen LogP contribution in [0.1, 0.15) is 10.4 Å². The van der Waals surface area contributed by atoms with Gasteiger partial charge in [0.2, 0.25) is 0 Å². The Hall–Kier alpha value is -3.31. The largest absolute Gasteiger partial charge is 0.493 e. The van der Waals surface area contributed by atoms with E-state index in [1.807, 2.05) is 66.7 Å². The molecule has 4 aromatic rings. The number of fused-ring (bicyclic) bond motifs is 1. The summed E-state index contributed by atoms with van der Waals surface area (Å²) < 4.78 is 18.4. The van der Waals surface area contributed by atoms with Crippen molar-refractivity contribution in [1.82, 2.24) is 0 Å². The second-order valence-corrected chi connectivity index (χ2v) is 7.36. The molecule has 0 saturated heterocycles. The normalized spacial score (nSPS) is 10.7. The van der Waals surface area contributed by atoms with Crippen LogP contribution in [0, 0.1) is 0 Å². The molecule has 0 aliphatic rings. The molecule has 29 heavy (non-hydrogen) atoms. The van der Waals surface area contributed by atoms with Crippen LogP contribution in [-0.2, 0) is 0 Å². The molecule has 1 aromatic heterocycles. The van der Waals surface area contributed by atoms with Gasteiger partial charge in [-0.05, 0) is 24.3 Å². The molecule has 0 spiro atoms. The Morgan fingerprint density at radius 3 is 2.34 bits per heavy atom. The monoisotopic (exact) mass is 404 g/mol. The number of ether oxygens (including phenoxy) is 3. The minimum Gasteiger partial charge on any atom is -0.493 e. The number of para-hydroxylation sites is 2. The van der Waals surface area contributed by atoms with E-state index in [-0.39, 0.29) is 0 Å². The van der Waals surface area contributed by atoms with Gasteiger partial charge in [0.1, 0.15) is 19.0 Å². The lowest BCUT2D eigenvalue weighted by Gasteiger charge is -2.12. The van der Waals surface area contributed by atoms with Crippen molar-refractivity contribution in [1.29, 1.82) is 0 Å². The van der Waals surface area contributed by atoms with Crippen LogP contribution >= 0.6 is 11.3 Å². The zero-order chi connectivity index (χ0) is 20.1. The lowest BCUT2D eigenvalue weighted by Crippen LogP contribution is -2.09. The van der Waals surface area contributed by atoms with E-state index < -0.39 is 0 Å². The summed E-state index contributed by atoms with van der Waals surface area (Å²) in [5.41, 5.74) is 1.53. The van der Waals surface area contributed by atoms with Gasteiger partial charge in [-0.2, -0.15) is 0 Å². The summed E-state index contributed by atoms with van der Waals surface area (Å²) in [7, 11) is 1.62. The Bertz CT molecular complexity index is 1130. The molecule has 146 valence electrons. The number of hydrogen-bond acceptors (Lipinski definition) is 5.